The van der Waals surface area contributed by atoms with E-state index < -0.39 is 0 Å². The summed E-state index contributed by atoms with van der Waals surface area (Å²) in [4.78, 5) is 3.62. The van der Waals surface area contributed by atoms with E-state index in [1.807, 2.05) is 23.9 Å². The topological polar surface area (TPSA) is 29.3 Å². The van der Waals surface area contributed by atoms with Gasteiger partial charge in [-0.2, -0.15) is 0 Å². The van der Waals surface area contributed by atoms with Gasteiger partial charge in [0.05, 0.1) is 0 Å². The minimum Gasteiger partial charge on any atom is -0.398 e. The number of rotatable bonds is 2. The molecule has 0 bridgehead atoms. The van der Waals surface area contributed by atoms with Crippen LogP contribution in [0.5, 0.6) is 0 Å². The molecule has 0 atom stereocenters. The molecule has 3 heteroatoms. The van der Waals surface area contributed by atoms with Crippen LogP contribution in [0.4, 0.5) is 5.69 Å². The van der Waals surface area contributed by atoms with Gasteiger partial charge in [-0.3, -0.25) is 0 Å². The van der Waals surface area contributed by atoms with E-state index in [1.54, 1.807) is 0 Å². The van der Waals surface area contributed by atoms with Crippen LogP contribution in [0, 0.1) is 6.92 Å². The van der Waals surface area contributed by atoms with Crippen LogP contribution >= 0.6 is 11.8 Å². The lowest BCUT2D eigenvalue weighted by Gasteiger charge is -2.28. The Kier molecular flexibility index (Phi) is 3.77. The van der Waals surface area contributed by atoms with E-state index in [2.05, 4.69) is 18.0 Å². The molecule has 0 saturated carbocycles. The molecular formula is C13H18N2S. The number of hydrogen-bond donors (Lipinski definition) is 1. The van der Waals surface area contributed by atoms with E-state index in [0.717, 1.165) is 5.25 Å². The van der Waals surface area contributed by atoms with E-state index in [1.165, 1.54) is 30.8 Å². The summed E-state index contributed by atoms with van der Waals surface area (Å²) in [6, 6.07) is 5.94. The molecule has 0 spiro atoms. The molecule has 2 rings (SSSR count). The first kappa shape index (κ1) is 11.8. The van der Waals surface area contributed by atoms with Crippen molar-refractivity contribution >= 4 is 17.4 Å². The summed E-state index contributed by atoms with van der Waals surface area (Å²) in [5.74, 6) is 0. The molecule has 1 heterocycles. The molecule has 1 aliphatic rings. The average molecular weight is 234 g/mol. The summed E-state index contributed by atoms with van der Waals surface area (Å²) in [5.41, 5.74) is 7.07. The first-order valence-corrected chi connectivity index (χ1v) is 6.53. The van der Waals surface area contributed by atoms with Gasteiger partial charge in [-0.05, 0) is 56.7 Å². The van der Waals surface area contributed by atoms with Crippen LogP contribution in [0.1, 0.15) is 18.4 Å². The van der Waals surface area contributed by atoms with Gasteiger partial charge in [-0.25, -0.2) is 0 Å². The number of piperidine rings is 1. The lowest BCUT2D eigenvalue weighted by atomic mass is 10.1. The van der Waals surface area contributed by atoms with Crippen LogP contribution in [-0.2, 0) is 0 Å². The van der Waals surface area contributed by atoms with Crippen molar-refractivity contribution < 1.29 is 0 Å². The molecule has 2 radical (unpaired) electrons. The Morgan fingerprint density at radius 2 is 2.06 bits per heavy atom. The van der Waals surface area contributed by atoms with E-state index in [9.17, 15) is 0 Å². The van der Waals surface area contributed by atoms with Crippen LogP contribution in [0.3, 0.4) is 0 Å². The summed E-state index contributed by atoms with van der Waals surface area (Å²) in [6.45, 7) is 8.19. The minimum atomic E-state index is 0.674. The second kappa shape index (κ2) is 5.11. The van der Waals surface area contributed by atoms with Gasteiger partial charge in [0.2, 0.25) is 0 Å². The molecule has 1 aromatic carbocycles. The Balaban J connectivity index is 1.96. The van der Waals surface area contributed by atoms with E-state index >= 15 is 0 Å². The lowest BCUT2D eigenvalue weighted by molar-refractivity contribution is 0.282. The number of hydrogen-bond acceptors (Lipinski definition) is 3. The van der Waals surface area contributed by atoms with E-state index in [0.29, 0.717) is 11.3 Å². The maximum atomic E-state index is 5.80. The van der Waals surface area contributed by atoms with E-state index in [-0.39, 0.29) is 0 Å². The molecule has 1 aliphatic heterocycles. The lowest BCUT2D eigenvalue weighted by Crippen LogP contribution is -2.31. The van der Waals surface area contributed by atoms with Crippen molar-refractivity contribution in [1.82, 2.24) is 4.90 Å². The number of thioether (sulfide) groups is 1. The maximum Gasteiger partial charge on any atom is 0.0350 e. The van der Waals surface area contributed by atoms with Crippen molar-refractivity contribution in [3.8, 4) is 0 Å². The molecule has 1 fully saturated rings. The predicted molar refractivity (Wildman–Crippen MR) is 70.6 cm³/mol. The Labute approximate surface area is 102 Å². The third-order valence-electron chi connectivity index (χ3n) is 3.03. The highest BCUT2D eigenvalue weighted by Crippen LogP contribution is 2.31. The molecule has 0 unspecified atom stereocenters. The van der Waals surface area contributed by atoms with Gasteiger partial charge in [0, 0.05) is 22.8 Å². The van der Waals surface area contributed by atoms with Gasteiger partial charge in [0.25, 0.3) is 0 Å². The third-order valence-corrected chi connectivity index (χ3v) is 4.36. The highest BCUT2D eigenvalue weighted by Gasteiger charge is 2.17. The molecule has 0 amide bonds. The van der Waals surface area contributed by atoms with Gasteiger partial charge in [-0.15, -0.1) is 11.8 Å². The normalized spacial score (nSPS) is 18.9. The first-order chi connectivity index (χ1) is 7.65. The highest BCUT2D eigenvalue weighted by atomic mass is 32.2. The monoisotopic (exact) mass is 234 g/mol. The van der Waals surface area contributed by atoms with Gasteiger partial charge < -0.3 is 10.6 Å². The Bertz CT molecular complexity index is 357. The Morgan fingerprint density at radius 3 is 2.69 bits per heavy atom. The largest absolute Gasteiger partial charge is 0.398 e. The van der Waals surface area contributed by atoms with Gasteiger partial charge in [-0.1, -0.05) is 0 Å². The SMILES string of the molecule is [CH]c1cc(SC2CCN(C)CC2)ccc1N. The molecule has 86 valence electrons. The van der Waals surface area contributed by atoms with Gasteiger partial charge in [0.15, 0.2) is 0 Å². The number of benzene rings is 1. The molecule has 2 N–H and O–H groups in total. The molecular weight excluding hydrogens is 216 g/mol. The number of nitrogen functional groups attached to an aromatic ring is 1. The molecule has 1 saturated heterocycles. The van der Waals surface area contributed by atoms with Crippen LogP contribution in [0.2, 0.25) is 0 Å². The van der Waals surface area contributed by atoms with Crippen molar-refractivity contribution in [3.63, 3.8) is 0 Å². The average Bonchev–Trinajstić information content (AvgIpc) is 2.27. The van der Waals surface area contributed by atoms with Gasteiger partial charge >= 0.3 is 0 Å². The van der Waals surface area contributed by atoms with Crippen LogP contribution < -0.4 is 5.73 Å². The summed E-state index contributed by atoms with van der Waals surface area (Å²) in [5, 5.41) is 0.722. The van der Waals surface area contributed by atoms with Crippen molar-refractivity contribution in [2.45, 2.75) is 23.0 Å². The summed E-state index contributed by atoms with van der Waals surface area (Å²) in [7, 11) is 2.18. The fourth-order valence-corrected chi connectivity index (χ4v) is 3.09. The molecule has 0 aromatic heterocycles. The van der Waals surface area contributed by atoms with Crippen molar-refractivity contribution in [3.05, 3.63) is 30.7 Å². The number of anilines is 1. The summed E-state index contributed by atoms with van der Waals surface area (Å²) >= 11 is 1.93. The first-order valence-electron chi connectivity index (χ1n) is 5.65. The second-order valence-corrected chi connectivity index (χ2v) is 5.78. The molecule has 2 nitrogen and oxygen atoms in total. The summed E-state index contributed by atoms with van der Waals surface area (Å²) < 4.78 is 0. The van der Waals surface area contributed by atoms with Crippen LogP contribution in [0.15, 0.2) is 23.1 Å². The Hall–Kier alpha value is -0.670. The maximum absolute atomic E-state index is 5.80. The minimum absolute atomic E-state index is 0.674. The van der Waals surface area contributed by atoms with Gasteiger partial charge in [0.1, 0.15) is 0 Å². The van der Waals surface area contributed by atoms with Crippen molar-refractivity contribution in [1.29, 1.82) is 0 Å². The number of likely N-dealkylation sites (tertiary alicyclic amines) is 1. The molecule has 16 heavy (non-hydrogen) atoms. The predicted octanol–water partition coefficient (Wildman–Crippen LogP) is 2.51. The number of nitrogens with zero attached hydrogens (tertiary/aromatic N) is 1. The van der Waals surface area contributed by atoms with Crippen LogP contribution in [0.25, 0.3) is 0 Å². The van der Waals surface area contributed by atoms with Crippen molar-refractivity contribution in [2.75, 3.05) is 25.9 Å². The third kappa shape index (κ3) is 2.92. The van der Waals surface area contributed by atoms with Crippen molar-refractivity contribution in [2.24, 2.45) is 0 Å². The van der Waals surface area contributed by atoms with Crippen LogP contribution in [-0.4, -0.2) is 30.3 Å². The number of nitrogens with two attached hydrogens (primary N) is 1. The summed E-state index contributed by atoms with van der Waals surface area (Å²) in [6.07, 6.45) is 2.51. The molecule has 0 aliphatic carbocycles. The quantitative estimate of drug-likeness (QED) is 0.797. The fourth-order valence-electron chi connectivity index (χ4n) is 1.92. The van der Waals surface area contributed by atoms with E-state index in [4.69, 9.17) is 12.7 Å². The molecule has 1 aromatic rings. The highest BCUT2D eigenvalue weighted by molar-refractivity contribution is 8.00. The standard InChI is InChI=1S/C13H18N2S/c1-10-9-12(3-4-13(10)14)16-11-5-7-15(2)8-6-11/h1,3-4,9,11H,5-8,14H2,2H3. The fraction of sp³-hybridized carbons (Fsp3) is 0.462. The zero-order valence-electron chi connectivity index (χ0n) is 9.65. The zero-order valence-corrected chi connectivity index (χ0v) is 10.5. The zero-order chi connectivity index (χ0) is 11.5. The second-order valence-electron chi connectivity index (χ2n) is 4.41. The smallest absolute Gasteiger partial charge is 0.0350 e. The Morgan fingerprint density at radius 1 is 1.38 bits per heavy atom.